The van der Waals surface area contributed by atoms with Gasteiger partial charge in [0.2, 0.25) is 0 Å². The molecule has 0 spiro atoms. The van der Waals surface area contributed by atoms with E-state index < -0.39 is 15.8 Å². The van der Waals surface area contributed by atoms with Gasteiger partial charge in [-0.05, 0) is 19.1 Å². The SMILES string of the molecule is CCNc1ccc(C(=O)Oc2c(N)cc([N+](=O)[O-])cc2Cl)cc1[N+](=O)[O-]. The zero-order valence-corrected chi connectivity index (χ0v) is 14.1. The number of carbonyl (C=O) groups excluding carboxylic acids is 1. The Morgan fingerprint density at radius 2 is 1.92 bits per heavy atom. The highest BCUT2D eigenvalue weighted by molar-refractivity contribution is 6.33. The van der Waals surface area contributed by atoms with Crippen LogP contribution in [-0.4, -0.2) is 22.4 Å². The predicted octanol–water partition coefficient (Wildman–Crippen LogP) is 3.39. The van der Waals surface area contributed by atoms with Gasteiger partial charge in [-0.2, -0.15) is 0 Å². The third-order valence-electron chi connectivity index (χ3n) is 3.26. The largest absolute Gasteiger partial charge is 0.419 e. The molecule has 0 aliphatic heterocycles. The first kappa shape index (κ1) is 18.9. The molecule has 3 N–H and O–H groups in total. The van der Waals surface area contributed by atoms with Gasteiger partial charge in [0.25, 0.3) is 11.4 Å². The molecule has 0 aromatic heterocycles. The van der Waals surface area contributed by atoms with Crippen molar-refractivity contribution >= 4 is 40.3 Å². The maximum absolute atomic E-state index is 12.3. The molecule has 0 saturated carbocycles. The van der Waals surface area contributed by atoms with Crippen LogP contribution in [0.25, 0.3) is 0 Å². The summed E-state index contributed by atoms with van der Waals surface area (Å²) >= 11 is 5.88. The van der Waals surface area contributed by atoms with Gasteiger partial charge in [0.1, 0.15) is 5.69 Å². The second-order valence-corrected chi connectivity index (χ2v) is 5.42. The average Bonchev–Trinajstić information content (AvgIpc) is 2.58. The third kappa shape index (κ3) is 3.98. The summed E-state index contributed by atoms with van der Waals surface area (Å²) in [6.45, 7) is 2.23. The molecular formula is C15H13ClN4O6. The maximum atomic E-state index is 12.3. The molecule has 0 bridgehead atoms. The van der Waals surface area contributed by atoms with Crippen molar-refractivity contribution in [2.75, 3.05) is 17.6 Å². The number of ether oxygens (including phenoxy) is 1. The van der Waals surface area contributed by atoms with E-state index in [-0.39, 0.29) is 39.1 Å². The number of nitrogen functional groups attached to an aromatic ring is 1. The van der Waals surface area contributed by atoms with Crippen LogP contribution in [0.2, 0.25) is 5.02 Å². The number of nitrogens with one attached hydrogen (secondary N) is 1. The number of esters is 1. The van der Waals surface area contributed by atoms with Crippen molar-refractivity contribution in [2.45, 2.75) is 6.92 Å². The van der Waals surface area contributed by atoms with Crippen LogP contribution in [0.3, 0.4) is 0 Å². The Bertz CT molecular complexity index is 879. The first-order chi connectivity index (χ1) is 12.2. The average molecular weight is 381 g/mol. The molecule has 0 amide bonds. The summed E-state index contributed by atoms with van der Waals surface area (Å²) < 4.78 is 5.07. The van der Waals surface area contributed by atoms with Crippen LogP contribution in [0.5, 0.6) is 5.75 Å². The number of nitrogens with two attached hydrogens (primary N) is 1. The Balaban J connectivity index is 2.35. The molecule has 26 heavy (non-hydrogen) atoms. The van der Waals surface area contributed by atoms with E-state index in [1.807, 2.05) is 0 Å². The zero-order chi connectivity index (χ0) is 19.4. The van der Waals surface area contributed by atoms with Gasteiger partial charge in [-0.15, -0.1) is 0 Å². The van der Waals surface area contributed by atoms with Crippen molar-refractivity contribution in [3.63, 3.8) is 0 Å². The van der Waals surface area contributed by atoms with Crippen LogP contribution in [0.1, 0.15) is 17.3 Å². The van der Waals surface area contributed by atoms with Gasteiger partial charge >= 0.3 is 5.97 Å². The Hall–Kier alpha value is -3.40. The van der Waals surface area contributed by atoms with Crippen molar-refractivity contribution in [2.24, 2.45) is 0 Å². The minimum atomic E-state index is -0.946. The fourth-order valence-corrected chi connectivity index (χ4v) is 2.37. The lowest BCUT2D eigenvalue weighted by atomic mass is 10.1. The summed E-state index contributed by atoms with van der Waals surface area (Å²) in [4.78, 5) is 32.8. The number of benzene rings is 2. The predicted molar refractivity (Wildman–Crippen MR) is 94.7 cm³/mol. The molecular weight excluding hydrogens is 368 g/mol. The number of non-ortho nitro benzene ring substituents is 1. The summed E-state index contributed by atoms with van der Waals surface area (Å²) in [5, 5.41) is 24.5. The molecule has 2 aromatic carbocycles. The normalized spacial score (nSPS) is 10.2. The number of rotatable bonds is 6. The zero-order valence-electron chi connectivity index (χ0n) is 13.4. The minimum absolute atomic E-state index is 0.104. The van der Waals surface area contributed by atoms with Crippen molar-refractivity contribution in [3.05, 3.63) is 61.1 Å². The lowest BCUT2D eigenvalue weighted by molar-refractivity contribution is -0.384. The first-order valence-electron chi connectivity index (χ1n) is 7.22. The number of carbonyl (C=O) groups is 1. The van der Waals surface area contributed by atoms with Gasteiger partial charge in [0.05, 0.1) is 26.1 Å². The second-order valence-electron chi connectivity index (χ2n) is 5.01. The Kier molecular flexibility index (Phi) is 5.58. The highest BCUT2D eigenvalue weighted by atomic mass is 35.5. The number of halogens is 1. The van der Waals surface area contributed by atoms with Crippen LogP contribution >= 0.6 is 11.6 Å². The van der Waals surface area contributed by atoms with Crippen LogP contribution < -0.4 is 15.8 Å². The van der Waals surface area contributed by atoms with Gasteiger partial charge in [0.15, 0.2) is 5.75 Å². The molecule has 0 unspecified atom stereocenters. The van der Waals surface area contributed by atoms with E-state index in [1.54, 1.807) is 6.92 Å². The highest BCUT2D eigenvalue weighted by Crippen LogP contribution is 2.36. The molecule has 0 atom stereocenters. The lowest BCUT2D eigenvalue weighted by Gasteiger charge is -2.10. The number of hydrogen-bond acceptors (Lipinski definition) is 8. The van der Waals surface area contributed by atoms with E-state index in [2.05, 4.69) is 5.32 Å². The van der Waals surface area contributed by atoms with Crippen LogP contribution in [0.15, 0.2) is 30.3 Å². The van der Waals surface area contributed by atoms with Crippen LogP contribution in [0, 0.1) is 20.2 Å². The Morgan fingerprint density at radius 3 is 2.46 bits per heavy atom. The summed E-state index contributed by atoms with van der Waals surface area (Å²) in [5.41, 5.74) is 4.91. The Morgan fingerprint density at radius 1 is 1.23 bits per heavy atom. The number of anilines is 2. The van der Waals surface area contributed by atoms with Gasteiger partial charge in [-0.3, -0.25) is 20.2 Å². The summed E-state index contributed by atoms with van der Waals surface area (Å²) in [6, 6.07) is 5.74. The molecule has 10 nitrogen and oxygen atoms in total. The number of nitro benzene ring substituents is 2. The molecule has 0 saturated heterocycles. The summed E-state index contributed by atoms with van der Waals surface area (Å²) in [6.07, 6.45) is 0. The molecule has 11 heteroatoms. The fourth-order valence-electron chi connectivity index (χ4n) is 2.11. The number of nitrogens with zero attached hydrogens (tertiary/aromatic N) is 2. The minimum Gasteiger partial charge on any atom is -0.419 e. The third-order valence-corrected chi connectivity index (χ3v) is 3.54. The van der Waals surface area contributed by atoms with Crippen molar-refractivity contribution in [1.82, 2.24) is 0 Å². The van der Waals surface area contributed by atoms with Crippen molar-refractivity contribution in [1.29, 1.82) is 0 Å². The standard InChI is InChI=1S/C15H13ClN4O6/c1-2-18-12-4-3-8(5-13(12)20(24)25)15(21)26-14-10(16)6-9(19(22)23)7-11(14)17/h3-7,18H,2,17H2,1H3. The molecule has 2 aromatic rings. The van der Waals surface area contributed by atoms with Gasteiger partial charge in [-0.25, -0.2) is 4.79 Å². The fraction of sp³-hybridized carbons (Fsp3) is 0.133. The monoisotopic (exact) mass is 380 g/mol. The van der Waals surface area contributed by atoms with E-state index >= 15 is 0 Å². The molecule has 136 valence electrons. The van der Waals surface area contributed by atoms with E-state index in [4.69, 9.17) is 22.1 Å². The van der Waals surface area contributed by atoms with Crippen LogP contribution in [0.4, 0.5) is 22.7 Å². The first-order valence-corrected chi connectivity index (χ1v) is 7.60. The van der Waals surface area contributed by atoms with E-state index in [1.165, 1.54) is 12.1 Å². The van der Waals surface area contributed by atoms with Gasteiger partial charge < -0.3 is 15.8 Å². The van der Waals surface area contributed by atoms with E-state index in [0.717, 1.165) is 18.2 Å². The smallest absolute Gasteiger partial charge is 0.343 e. The molecule has 0 heterocycles. The van der Waals surface area contributed by atoms with Gasteiger partial charge in [-0.1, -0.05) is 11.6 Å². The van der Waals surface area contributed by atoms with Crippen LogP contribution in [-0.2, 0) is 0 Å². The molecule has 2 rings (SSSR count). The Labute approximate surface area is 151 Å². The summed E-state index contributed by atoms with van der Waals surface area (Å²) in [7, 11) is 0. The lowest BCUT2D eigenvalue weighted by Crippen LogP contribution is -2.11. The van der Waals surface area contributed by atoms with Crippen molar-refractivity contribution < 1.29 is 19.4 Å². The molecule has 0 aliphatic rings. The topological polar surface area (TPSA) is 151 Å². The number of nitro groups is 2. The van der Waals surface area contributed by atoms with Crippen molar-refractivity contribution in [3.8, 4) is 5.75 Å². The maximum Gasteiger partial charge on any atom is 0.343 e. The molecule has 0 aliphatic carbocycles. The molecule has 0 radical (unpaired) electrons. The second kappa shape index (κ2) is 7.66. The quantitative estimate of drug-likeness (QED) is 0.254. The molecule has 0 fully saturated rings. The summed E-state index contributed by atoms with van der Waals surface area (Å²) in [5.74, 6) is -1.21. The van der Waals surface area contributed by atoms with E-state index in [0.29, 0.717) is 6.54 Å². The van der Waals surface area contributed by atoms with E-state index in [9.17, 15) is 25.0 Å². The van der Waals surface area contributed by atoms with Gasteiger partial charge in [0, 0.05) is 24.7 Å². The number of hydrogen-bond donors (Lipinski definition) is 2. The highest BCUT2D eigenvalue weighted by Gasteiger charge is 2.21.